The Labute approximate surface area is 105 Å². The maximum atomic E-state index is 11.9. The van der Waals surface area contributed by atoms with Crippen molar-refractivity contribution in [2.24, 2.45) is 0 Å². The lowest BCUT2D eigenvalue weighted by molar-refractivity contribution is -0.384. The van der Waals surface area contributed by atoms with Crippen LogP contribution in [0.2, 0.25) is 0 Å². The fourth-order valence-corrected chi connectivity index (χ4v) is 2.67. The number of rotatable bonds is 6. The van der Waals surface area contributed by atoms with Crippen LogP contribution < -0.4 is 10.0 Å². The Morgan fingerprint density at radius 3 is 2.44 bits per heavy atom. The van der Waals surface area contributed by atoms with Gasteiger partial charge in [0.15, 0.2) is 0 Å². The van der Waals surface area contributed by atoms with Crippen LogP contribution >= 0.6 is 0 Å². The molecule has 0 aliphatic carbocycles. The van der Waals surface area contributed by atoms with Crippen LogP contribution in [0.25, 0.3) is 0 Å². The molecule has 18 heavy (non-hydrogen) atoms. The molecule has 7 nitrogen and oxygen atoms in total. The van der Waals surface area contributed by atoms with Crippen LogP contribution in [0.5, 0.6) is 0 Å². The van der Waals surface area contributed by atoms with E-state index in [2.05, 4.69) is 10.0 Å². The fraction of sp³-hybridized carbons (Fsp3) is 0.400. The van der Waals surface area contributed by atoms with E-state index in [1.165, 1.54) is 18.2 Å². The van der Waals surface area contributed by atoms with Crippen LogP contribution in [0, 0.1) is 10.1 Å². The summed E-state index contributed by atoms with van der Waals surface area (Å²) in [5, 5.41) is 13.5. The van der Waals surface area contributed by atoms with Gasteiger partial charge in [0.1, 0.15) is 4.90 Å². The maximum absolute atomic E-state index is 11.9. The topological polar surface area (TPSA) is 101 Å². The van der Waals surface area contributed by atoms with Gasteiger partial charge < -0.3 is 5.32 Å². The lowest BCUT2D eigenvalue weighted by Gasteiger charge is -2.11. The molecule has 0 bridgehead atoms. The number of anilines is 1. The molecule has 0 fully saturated rings. The van der Waals surface area contributed by atoms with E-state index in [9.17, 15) is 18.5 Å². The summed E-state index contributed by atoms with van der Waals surface area (Å²) in [7, 11) is -3.64. The third-order valence-electron chi connectivity index (χ3n) is 2.17. The Balaban J connectivity index is 3.31. The molecule has 0 saturated heterocycles. The van der Waals surface area contributed by atoms with Gasteiger partial charge in [0.05, 0.1) is 10.6 Å². The zero-order valence-corrected chi connectivity index (χ0v) is 11.0. The number of non-ortho nitro benzene ring substituents is 1. The second kappa shape index (κ2) is 5.78. The SMILES string of the molecule is CCNc1cc([N+](=O)[O-])ccc1S(=O)(=O)NCC. The molecule has 0 amide bonds. The zero-order chi connectivity index (χ0) is 13.8. The number of benzene rings is 1. The summed E-state index contributed by atoms with van der Waals surface area (Å²) in [5.74, 6) is 0. The van der Waals surface area contributed by atoms with Crippen molar-refractivity contribution in [3.8, 4) is 0 Å². The van der Waals surface area contributed by atoms with Gasteiger partial charge >= 0.3 is 0 Å². The average molecular weight is 273 g/mol. The van der Waals surface area contributed by atoms with E-state index < -0.39 is 14.9 Å². The number of nitro benzene ring substituents is 1. The van der Waals surface area contributed by atoms with E-state index in [4.69, 9.17) is 0 Å². The monoisotopic (exact) mass is 273 g/mol. The minimum absolute atomic E-state index is 0.0109. The van der Waals surface area contributed by atoms with Gasteiger partial charge in [-0.2, -0.15) is 0 Å². The molecule has 0 unspecified atom stereocenters. The molecule has 0 radical (unpaired) electrons. The van der Waals surface area contributed by atoms with Crippen LogP contribution in [0.3, 0.4) is 0 Å². The molecule has 0 aliphatic rings. The number of nitrogens with zero attached hydrogens (tertiary/aromatic N) is 1. The Morgan fingerprint density at radius 2 is 1.94 bits per heavy atom. The number of nitrogens with one attached hydrogen (secondary N) is 2. The van der Waals surface area contributed by atoms with Crippen LogP contribution in [0.15, 0.2) is 23.1 Å². The smallest absolute Gasteiger partial charge is 0.271 e. The van der Waals surface area contributed by atoms with Gasteiger partial charge in [-0.15, -0.1) is 0 Å². The van der Waals surface area contributed by atoms with Crippen LogP contribution in [-0.4, -0.2) is 26.4 Å². The molecule has 2 N–H and O–H groups in total. The van der Waals surface area contributed by atoms with Gasteiger partial charge in [-0.05, 0) is 13.0 Å². The highest BCUT2D eigenvalue weighted by atomic mass is 32.2. The Bertz CT molecular complexity index is 542. The van der Waals surface area contributed by atoms with Crippen LogP contribution in [0.1, 0.15) is 13.8 Å². The lowest BCUT2D eigenvalue weighted by atomic mass is 10.3. The van der Waals surface area contributed by atoms with E-state index in [0.717, 1.165) is 0 Å². The first-order chi connectivity index (χ1) is 8.42. The quantitative estimate of drug-likeness (QED) is 0.601. The normalized spacial score (nSPS) is 11.2. The Hall–Kier alpha value is -1.67. The highest BCUT2D eigenvalue weighted by molar-refractivity contribution is 7.89. The van der Waals surface area contributed by atoms with Crippen molar-refractivity contribution in [1.29, 1.82) is 0 Å². The fourth-order valence-electron chi connectivity index (χ4n) is 1.46. The molecule has 0 atom stereocenters. The van der Waals surface area contributed by atoms with Crippen LogP contribution in [-0.2, 0) is 10.0 Å². The van der Waals surface area contributed by atoms with Crippen molar-refractivity contribution >= 4 is 21.4 Å². The van der Waals surface area contributed by atoms with Crippen LogP contribution in [0.4, 0.5) is 11.4 Å². The molecule has 0 heterocycles. The minimum Gasteiger partial charge on any atom is -0.384 e. The van der Waals surface area contributed by atoms with E-state index in [-0.39, 0.29) is 22.8 Å². The molecular formula is C10H15N3O4S. The largest absolute Gasteiger partial charge is 0.384 e. The van der Waals surface area contributed by atoms with Crippen molar-refractivity contribution in [1.82, 2.24) is 4.72 Å². The second-order valence-corrected chi connectivity index (χ2v) is 5.20. The van der Waals surface area contributed by atoms with Gasteiger partial charge in [0.25, 0.3) is 5.69 Å². The maximum Gasteiger partial charge on any atom is 0.271 e. The van der Waals surface area contributed by atoms with Crippen molar-refractivity contribution in [3.63, 3.8) is 0 Å². The number of sulfonamides is 1. The molecule has 0 saturated carbocycles. The summed E-state index contributed by atoms with van der Waals surface area (Å²) in [6.45, 7) is 4.17. The third-order valence-corrected chi connectivity index (χ3v) is 3.77. The molecule has 1 aromatic rings. The Kier molecular flexibility index (Phi) is 4.62. The number of hydrogen-bond donors (Lipinski definition) is 2. The zero-order valence-electron chi connectivity index (χ0n) is 10.1. The molecular weight excluding hydrogens is 258 g/mol. The standard InChI is InChI=1S/C10H15N3O4S/c1-3-11-9-7-8(13(14)15)5-6-10(9)18(16,17)12-4-2/h5-7,11-12H,3-4H2,1-2H3. The molecule has 0 aromatic heterocycles. The van der Waals surface area contributed by atoms with Gasteiger partial charge in [0, 0.05) is 25.2 Å². The van der Waals surface area contributed by atoms with Gasteiger partial charge in [0.2, 0.25) is 10.0 Å². The van der Waals surface area contributed by atoms with Crippen molar-refractivity contribution < 1.29 is 13.3 Å². The summed E-state index contributed by atoms with van der Waals surface area (Å²) in [5.41, 5.74) is 0.0778. The summed E-state index contributed by atoms with van der Waals surface area (Å²) in [4.78, 5) is 10.1. The van der Waals surface area contributed by atoms with E-state index in [0.29, 0.717) is 6.54 Å². The van der Waals surface area contributed by atoms with E-state index in [1.54, 1.807) is 13.8 Å². The van der Waals surface area contributed by atoms with Gasteiger partial charge in [-0.3, -0.25) is 10.1 Å². The first-order valence-electron chi connectivity index (χ1n) is 5.44. The van der Waals surface area contributed by atoms with Gasteiger partial charge in [-0.25, -0.2) is 13.1 Å². The number of hydrogen-bond acceptors (Lipinski definition) is 5. The average Bonchev–Trinajstić information content (AvgIpc) is 2.29. The summed E-state index contributed by atoms with van der Waals surface area (Å²) >= 11 is 0. The molecule has 0 spiro atoms. The van der Waals surface area contributed by atoms with Crippen molar-refractivity contribution in [2.75, 3.05) is 18.4 Å². The molecule has 100 valence electrons. The molecule has 8 heteroatoms. The molecule has 0 aliphatic heterocycles. The second-order valence-electron chi connectivity index (χ2n) is 3.47. The summed E-state index contributed by atoms with van der Waals surface area (Å²) < 4.78 is 26.1. The minimum atomic E-state index is -3.64. The Morgan fingerprint density at radius 1 is 1.28 bits per heavy atom. The first kappa shape index (κ1) is 14.4. The highest BCUT2D eigenvalue weighted by Crippen LogP contribution is 2.26. The predicted molar refractivity (Wildman–Crippen MR) is 68.1 cm³/mol. The highest BCUT2D eigenvalue weighted by Gasteiger charge is 2.20. The first-order valence-corrected chi connectivity index (χ1v) is 6.92. The third kappa shape index (κ3) is 3.17. The van der Waals surface area contributed by atoms with Gasteiger partial charge in [-0.1, -0.05) is 6.92 Å². The van der Waals surface area contributed by atoms with Crippen molar-refractivity contribution in [3.05, 3.63) is 28.3 Å². The number of nitro groups is 1. The van der Waals surface area contributed by atoms with Crippen molar-refractivity contribution in [2.45, 2.75) is 18.7 Å². The molecule has 1 rings (SSSR count). The predicted octanol–water partition coefficient (Wildman–Crippen LogP) is 1.32. The van der Waals surface area contributed by atoms with E-state index >= 15 is 0 Å². The van der Waals surface area contributed by atoms with E-state index in [1.807, 2.05) is 0 Å². The summed E-state index contributed by atoms with van der Waals surface area (Å²) in [6, 6.07) is 3.62. The molecule has 1 aromatic carbocycles. The summed E-state index contributed by atoms with van der Waals surface area (Å²) in [6.07, 6.45) is 0. The lowest BCUT2D eigenvalue weighted by Crippen LogP contribution is -2.24.